The van der Waals surface area contributed by atoms with Crippen LogP contribution in [0.15, 0.2) is 46.0 Å². The number of hydrogen-bond acceptors (Lipinski definition) is 3. The Balaban J connectivity index is 0.00000280. The average Bonchev–Trinajstić information content (AvgIpc) is 3.17. The fourth-order valence-corrected chi connectivity index (χ4v) is 2.96. The maximum absolute atomic E-state index is 13.9. The van der Waals surface area contributed by atoms with E-state index in [1.807, 2.05) is 19.1 Å². The van der Waals surface area contributed by atoms with Crippen molar-refractivity contribution >= 4 is 29.9 Å². The number of aliphatic imine (C=N–C) groups is 1. The topological polar surface area (TPSA) is 58.8 Å². The molecule has 2 N–H and O–H groups in total. The molecule has 3 rings (SSSR count). The summed E-state index contributed by atoms with van der Waals surface area (Å²) >= 11 is 0. The Bertz CT molecular complexity index is 736. The molecule has 1 saturated carbocycles. The summed E-state index contributed by atoms with van der Waals surface area (Å²) in [5, 5.41) is 6.42. The quantitative estimate of drug-likeness (QED) is 0.232. The molecule has 0 radical (unpaired) electrons. The molecule has 0 aliphatic heterocycles. The van der Waals surface area contributed by atoms with E-state index in [1.54, 1.807) is 6.26 Å². The Morgan fingerprint density at radius 1 is 1.25 bits per heavy atom. The monoisotopic (exact) mass is 505 g/mol. The van der Waals surface area contributed by atoms with E-state index in [4.69, 9.17) is 9.15 Å². The molecule has 0 saturated heterocycles. The van der Waals surface area contributed by atoms with Crippen LogP contribution in [0.2, 0.25) is 0 Å². The summed E-state index contributed by atoms with van der Waals surface area (Å²) in [5.41, 5.74) is 0.164. The maximum atomic E-state index is 13.9. The van der Waals surface area contributed by atoms with E-state index >= 15 is 0 Å². The van der Waals surface area contributed by atoms with Crippen molar-refractivity contribution in [3.8, 4) is 0 Å². The standard InChI is InChI=1S/C20H25F2N3O2.HI/c1-2-23-20(24-9-5-10-26-13-14-6-4-11-27-14)25-18-12-15(18)19-16(21)7-3-8-17(19)22;/h3-4,6-8,11,15,18H,2,5,9-10,12-13H2,1H3,(H2,23,24,25);1H. The molecule has 0 amide bonds. The van der Waals surface area contributed by atoms with Crippen LogP contribution in [0.25, 0.3) is 0 Å². The van der Waals surface area contributed by atoms with Gasteiger partial charge in [-0.05, 0) is 44.0 Å². The van der Waals surface area contributed by atoms with Crippen LogP contribution in [-0.4, -0.2) is 31.7 Å². The molecule has 0 spiro atoms. The van der Waals surface area contributed by atoms with Gasteiger partial charge in [-0.15, -0.1) is 24.0 Å². The van der Waals surface area contributed by atoms with Crippen LogP contribution in [0.3, 0.4) is 0 Å². The van der Waals surface area contributed by atoms with Gasteiger partial charge in [-0.25, -0.2) is 8.78 Å². The van der Waals surface area contributed by atoms with E-state index in [1.165, 1.54) is 18.2 Å². The zero-order valence-corrected chi connectivity index (χ0v) is 18.1. The predicted octanol–water partition coefficient (Wildman–Crippen LogP) is 4.19. The fraction of sp³-hybridized carbons (Fsp3) is 0.450. The van der Waals surface area contributed by atoms with Gasteiger partial charge in [0.1, 0.15) is 24.0 Å². The van der Waals surface area contributed by atoms with Crippen LogP contribution >= 0.6 is 24.0 Å². The third-order valence-corrected chi connectivity index (χ3v) is 4.37. The number of benzene rings is 1. The number of rotatable bonds is 9. The first-order valence-electron chi connectivity index (χ1n) is 9.28. The van der Waals surface area contributed by atoms with Crippen molar-refractivity contribution in [2.45, 2.75) is 38.3 Å². The second-order valence-corrected chi connectivity index (χ2v) is 6.47. The van der Waals surface area contributed by atoms with E-state index in [2.05, 4.69) is 15.6 Å². The van der Waals surface area contributed by atoms with E-state index in [0.29, 0.717) is 38.7 Å². The summed E-state index contributed by atoms with van der Waals surface area (Å²) in [5.74, 6) is 0.327. The number of guanidine groups is 1. The summed E-state index contributed by atoms with van der Waals surface area (Å²) in [6.07, 6.45) is 3.08. The molecular formula is C20H26F2IN3O2. The minimum absolute atomic E-state index is 0. The zero-order chi connectivity index (χ0) is 19.1. The van der Waals surface area contributed by atoms with Crippen LogP contribution in [0.4, 0.5) is 8.78 Å². The van der Waals surface area contributed by atoms with Gasteiger partial charge in [0.25, 0.3) is 0 Å². The number of furan rings is 1. The van der Waals surface area contributed by atoms with Crippen molar-refractivity contribution in [1.29, 1.82) is 0 Å². The second-order valence-electron chi connectivity index (χ2n) is 6.47. The lowest BCUT2D eigenvalue weighted by Crippen LogP contribution is -2.39. The van der Waals surface area contributed by atoms with E-state index < -0.39 is 11.6 Å². The summed E-state index contributed by atoms with van der Waals surface area (Å²) in [6.45, 7) is 4.32. The van der Waals surface area contributed by atoms with Gasteiger partial charge in [-0.1, -0.05) is 6.07 Å². The third-order valence-electron chi connectivity index (χ3n) is 4.37. The number of hydrogen-bond donors (Lipinski definition) is 2. The molecule has 5 nitrogen and oxygen atoms in total. The van der Waals surface area contributed by atoms with Crippen molar-refractivity contribution in [3.05, 3.63) is 59.6 Å². The molecule has 1 heterocycles. The molecule has 1 aromatic carbocycles. The van der Waals surface area contributed by atoms with Crippen LogP contribution in [0.1, 0.15) is 37.0 Å². The van der Waals surface area contributed by atoms with Gasteiger partial charge in [0.15, 0.2) is 5.96 Å². The lowest BCUT2D eigenvalue weighted by molar-refractivity contribution is 0.105. The first-order chi connectivity index (χ1) is 13.2. The number of halogens is 3. The molecule has 2 atom stereocenters. The third kappa shape index (κ3) is 6.44. The Hall–Kier alpha value is -1.68. The van der Waals surface area contributed by atoms with E-state index in [0.717, 1.165) is 12.2 Å². The average molecular weight is 505 g/mol. The SMILES string of the molecule is CCNC(=NCCCOCc1ccco1)NC1CC1c1c(F)cccc1F.I. The van der Waals surface area contributed by atoms with Gasteiger partial charge in [-0.3, -0.25) is 4.99 Å². The molecule has 2 aromatic rings. The van der Waals surface area contributed by atoms with E-state index in [9.17, 15) is 8.78 Å². The van der Waals surface area contributed by atoms with Crippen molar-refractivity contribution in [2.24, 2.45) is 4.99 Å². The first kappa shape index (κ1) is 22.6. The highest BCUT2D eigenvalue weighted by Gasteiger charge is 2.42. The molecule has 1 fully saturated rings. The Morgan fingerprint density at radius 2 is 2.04 bits per heavy atom. The summed E-state index contributed by atoms with van der Waals surface area (Å²) in [4.78, 5) is 4.50. The van der Waals surface area contributed by atoms with Crippen molar-refractivity contribution in [2.75, 3.05) is 19.7 Å². The smallest absolute Gasteiger partial charge is 0.191 e. The number of ether oxygens (including phenoxy) is 1. The van der Waals surface area contributed by atoms with Crippen molar-refractivity contribution in [1.82, 2.24) is 10.6 Å². The predicted molar refractivity (Wildman–Crippen MR) is 115 cm³/mol. The first-order valence-corrected chi connectivity index (χ1v) is 9.28. The minimum atomic E-state index is -0.486. The Kier molecular flexibility index (Phi) is 9.17. The molecule has 1 aliphatic rings. The molecule has 1 aromatic heterocycles. The van der Waals surface area contributed by atoms with Gasteiger partial charge in [0, 0.05) is 37.2 Å². The lowest BCUT2D eigenvalue weighted by Gasteiger charge is -2.12. The largest absolute Gasteiger partial charge is 0.467 e. The highest BCUT2D eigenvalue weighted by atomic mass is 127. The van der Waals surface area contributed by atoms with Crippen LogP contribution in [-0.2, 0) is 11.3 Å². The number of nitrogens with zero attached hydrogens (tertiary/aromatic N) is 1. The van der Waals surface area contributed by atoms with E-state index in [-0.39, 0.29) is 41.5 Å². The van der Waals surface area contributed by atoms with Crippen molar-refractivity contribution < 1.29 is 17.9 Å². The molecule has 1 aliphatic carbocycles. The van der Waals surface area contributed by atoms with Gasteiger partial charge in [0.2, 0.25) is 0 Å². The fourth-order valence-electron chi connectivity index (χ4n) is 2.96. The molecule has 0 bridgehead atoms. The van der Waals surface area contributed by atoms with Crippen molar-refractivity contribution in [3.63, 3.8) is 0 Å². The van der Waals surface area contributed by atoms with Gasteiger partial charge >= 0.3 is 0 Å². The highest BCUT2D eigenvalue weighted by molar-refractivity contribution is 14.0. The highest BCUT2D eigenvalue weighted by Crippen LogP contribution is 2.43. The number of nitrogens with one attached hydrogen (secondary N) is 2. The molecule has 28 heavy (non-hydrogen) atoms. The lowest BCUT2D eigenvalue weighted by atomic mass is 10.1. The Labute approximate surface area is 181 Å². The molecule has 8 heteroatoms. The molecule has 154 valence electrons. The normalized spacial score (nSPS) is 18.5. The van der Waals surface area contributed by atoms with Gasteiger partial charge < -0.3 is 19.8 Å². The summed E-state index contributed by atoms with van der Waals surface area (Å²) in [7, 11) is 0. The Morgan fingerprint density at radius 3 is 2.71 bits per heavy atom. The van der Waals surface area contributed by atoms with Crippen LogP contribution in [0, 0.1) is 11.6 Å². The summed E-state index contributed by atoms with van der Waals surface area (Å²) < 4.78 is 38.5. The van der Waals surface area contributed by atoms with Gasteiger partial charge in [-0.2, -0.15) is 0 Å². The van der Waals surface area contributed by atoms with Gasteiger partial charge in [0.05, 0.1) is 6.26 Å². The summed E-state index contributed by atoms with van der Waals surface area (Å²) in [6, 6.07) is 7.68. The second kappa shape index (κ2) is 11.4. The zero-order valence-electron chi connectivity index (χ0n) is 15.8. The molecular weight excluding hydrogens is 479 g/mol. The minimum Gasteiger partial charge on any atom is -0.467 e. The maximum Gasteiger partial charge on any atom is 0.191 e. The molecule has 2 unspecified atom stereocenters. The van der Waals surface area contributed by atoms with Crippen LogP contribution < -0.4 is 10.6 Å². The van der Waals surface area contributed by atoms with Crippen LogP contribution in [0.5, 0.6) is 0 Å².